The van der Waals surface area contributed by atoms with Crippen LogP contribution in [0, 0.1) is 5.41 Å². The summed E-state index contributed by atoms with van der Waals surface area (Å²) in [7, 11) is 0. The molecule has 1 heterocycles. The molecule has 4 N–H and O–H groups in total. The maximum absolute atomic E-state index is 11.6. The van der Waals surface area contributed by atoms with Gasteiger partial charge in [-0.15, -0.1) is 10.2 Å². The van der Waals surface area contributed by atoms with Gasteiger partial charge in [0.2, 0.25) is 5.95 Å². The van der Waals surface area contributed by atoms with Crippen molar-refractivity contribution in [3.8, 4) is 0 Å². The first-order valence-electron chi connectivity index (χ1n) is 11.8. The number of carbonyl (C=O) groups is 1. The van der Waals surface area contributed by atoms with Crippen LogP contribution in [0.5, 0.6) is 0 Å². The molecule has 164 valence electrons. The molecule has 3 fully saturated rings. The molecule has 0 aliphatic heterocycles. The number of rotatable bonds is 6. The third-order valence-corrected chi connectivity index (χ3v) is 7.44. The highest BCUT2D eigenvalue weighted by Crippen LogP contribution is 2.50. The number of nitrogens with zero attached hydrogens (tertiary/aromatic N) is 3. The van der Waals surface area contributed by atoms with E-state index in [-0.39, 0.29) is 5.69 Å². The van der Waals surface area contributed by atoms with Crippen LogP contribution in [0.25, 0.3) is 0 Å². The number of anilines is 3. The third kappa shape index (κ3) is 4.65. The first-order valence-corrected chi connectivity index (χ1v) is 11.8. The zero-order valence-corrected chi connectivity index (χ0v) is 18.1. The van der Waals surface area contributed by atoms with Crippen molar-refractivity contribution in [2.75, 3.05) is 10.6 Å². The molecule has 0 bridgehead atoms. The van der Waals surface area contributed by atoms with E-state index in [4.69, 9.17) is 5.73 Å². The minimum Gasteiger partial charge on any atom is -0.365 e. The summed E-state index contributed by atoms with van der Waals surface area (Å²) >= 11 is 0. The Hall–Kier alpha value is -2.70. The molecule has 1 amide bonds. The number of nitrogens with two attached hydrogens (primary N) is 1. The first kappa shape index (κ1) is 20.2. The lowest BCUT2D eigenvalue weighted by Crippen LogP contribution is -2.29. The fourth-order valence-electron chi connectivity index (χ4n) is 5.40. The van der Waals surface area contributed by atoms with Gasteiger partial charge in [0.05, 0.1) is 0 Å². The van der Waals surface area contributed by atoms with Crippen LogP contribution in [-0.4, -0.2) is 27.1 Å². The average Bonchev–Trinajstić information content (AvgIpc) is 3.60. The molecule has 3 saturated carbocycles. The molecule has 0 unspecified atom stereocenters. The quantitative estimate of drug-likeness (QED) is 0.614. The van der Waals surface area contributed by atoms with Gasteiger partial charge >= 0.3 is 0 Å². The fraction of sp³-hybridized carbons (Fsp3) is 0.583. The van der Waals surface area contributed by atoms with Crippen molar-refractivity contribution in [3.63, 3.8) is 0 Å². The van der Waals surface area contributed by atoms with Gasteiger partial charge in [0.1, 0.15) is 0 Å². The molecular formula is C24H32N6O. The van der Waals surface area contributed by atoms with Gasteiger partial charge in [0.25, 0.3) is 5.91 Å². The Morgan fingerprint density at radius 1 is 0.935 bits per heavy atom. The minimum atomic E-state index is -0.624. The Bertz CT molecular complexity index is 924. The molecule has 5 rings (SSSR count). The summed E-state index contributed by atoms with van der Waals surface area (Å²) in [6, 6.07) is 8.95. The third-order valence-electron chi connectivity index (χ3n) is 7.44. The normalized spacial score (nSPS) is 21.0. The highest BCUT2D eigenvalue weighted by atomic mass is 16.1. The zero-order valence-electron chi connectivity index (χ0n) is 18.1. The maximum Gasteiger partial charge on any atom is 0.273 e. The van der Waals surface area contributed by atoms with E-state index in [1.165, 1.54) is 63.4 Å². The van der Waals surface area contributed by atoms with Gasteiger partial charge in [-0.1, -0.05) is 31.4 Å². The molecule has 0 saturated heterocycles. The van der Waals surface area contributed by atoms with Crippen molar-refractivity contribution in [1.82, 2.24) is 15.2 Å². The number of hydrogen-bond acceptors (Lipinski definition) is 6. The number of carbonyl (C=O) groups excluding carboxylic acids is 1. The Balaban J connectivity index is 1.23. The van der Waals surface area contributed by atoms with Crippen molar-refractivity contribution in [2.45, 2.75) is 82.6 Å². The summed E-state index contributed by atoms with van der Waals surface area (Å²) in [6.45, 7) is 0. The van der Waals surface area contributed by atoms with Crippen molar-refractivity contribution >= 4 is 23.4 Å². The van der Waals surface area contributed by atoms with Crippen molar-refractivity contribution in [2.24, 2.45) is 11.1 Å². The molecule has 31 heavy (non-hydrogen) atoms. The second-order valence-corrected chi connectivity index (χ2v) is 9.70. The van der Waals surface area contributed by atoms with E-state index < -0.39 is 5.91 Å². The molecule has 0 atom stereocenters. The summed E-state index contributed by atoms with van der Waals surface area (Å²) in [5.41, 5.74) is 8.48. The van der Waals surface area contributed by atoms with Gasteiger partial charge in [0, 0.05) is 11.7 Å². The van der Waals surface area contributed by atoms with E-state index in [2.05, 4.69) is 50.1 Å². The number of benzene rings is 1. The lowest BCUT2D eigenvalue weighted by Gasteiger charge is -2.43. The van der Waals surface area contributed by atoms with Crippen LogP contribution in [0.2, 0.25) is 0 Å². The van der Waals surface area contributed by atoms with E-state index in [1.54, 1.807) is 0 Å². The molecule has 1 aromatic heterocycles. The number of amides is 1. The summed E-state index contributed by atoms with van der Waals surface area (Å²) in [5.74, 6) is 0.811. The smallest absolute Gasteiger partial charge is 0.273 e. The standard InChI is InChI=1S/C24H32N6O/c25-21(31)20-22(26-18-8-9-18)28-23(30-29-20)27-19-6-4-16(5-7-19)17-10-14-24(15-11-17)12-2-1-3-13-24/h4-7,17-18H,1-3,8-15H2,(H2,25,31)(H2,26,27,28,30). The van der Waals surface area contributed by atoms with Crippen LogP contribution in [-0.2, 0) is 0 Å². The lowest BCUT2D eigenvalue weighted by atomic mass is 9.62. The van der Waals surface area contributed by atoms with E-state index in [0.717, 1.165) is 18.5 Å². The van der Waals surface area contributed by atoms with Gasteiger partial charge < -0.3 is 16.4 Å². The number of nitrogens with one attached hydrogen (secondary N) is 2. The summed E-state index contributed by atoms with van der Waals surface area (Å²) < 4.78 is 0. The fourth-order valence-corrected chi connectivity index (χ4v) is 5.40. The van der Waals surface area contributed by atoms with Crippen LogP contribution in [0.3, 0.4) is 0 Å². The largest absolute Gasteiger partial charge is 0.365 e. The van der Waals surface area contributed by atoms with Crippen LogP contribution < -0.4 is 16.4 Å². The van der Waals surface area contributed by atoms with Crippen molar-refractivity contribution in [3.05, 3.63) is 35.5 Å². The highest BCUT2D eigenvalue weighted by Gasteiger charge is 2.36. The van der Waals surface area contributed by atoms with E-state index in [9.17, 15) is 4.79 Å². The Labute approximate surface area is 183 Å². The molecule has 2 aromatic rings. The van der Waals surface area contributed by atoms with Gasteiger partial charge in [-0.25, -0.2) is 0 Å². The topological polar surface area (TPSA) is 106 Å². The van der Waals surface area contributed by atoms with Crippen molar-refractivity contribution < 1.29 is 4.79 Å². The van der Waals surface area contributed by atoms with Crippen LogP contribution in [0.4, 0.5) is 17.5 Å². The molecule has 0 radical (unpaired) electrons. The van der Waals surface area contributed by atoms with E-state index >= 15 is 0 Å². The van der Waals surface area contributed by atoms with Gasteiger partial charge in [0.15, 0.2) is 11.5 Å². The Kier molecular flexibility index (Phi) is 5.50. The zero-order chi connectivity index (χ0) is 21.3. The van der Waals surface area contributed by atoms with Crippen molar-refractivity contribution in [1.29, 1.82) is 0 Å². The average molecular weight is 421 g/mol. The van der Waals surface area contributed by atoms with Crippen LogP contribution in [0.1, 0.15) is 92.6 Å². The van der Waals surface area contributed by atoms with E-state index in [0.29, 0.717) is 29.1 Å². The number of hydrogen-bond donors (Lipinski definition) is 3. The molecule has 1 spiro atoms. The molecule has 3 aliphatic rings. The molecule has 7 heteroatoms. The molecular weight excluding hydrogens is 388 g/mol. The summed E-state index contributed by atoms with van der Waals surface area (Å²) in [4.78, 5) is 16.0. The first-order chi connectivity index (χ1) is 15.1. The molecule has 1 aromatic carbocycles. The highest BCUT2D eigenvalue weighted by molar-refractivity contribution is 5.95. The molecule has 7 nitrogen and oxygen atoms in total. The second kappa shape index (κ2) is 8.44. The van der Waals surface area contributed by atoms with E-state index in [1.807, 2.05) is 0 Å². The van der Waals surface area contributed by atoms with Gasteiger partial charge in [-0.05, 0) is 80.4 Å². The monoisotopic (exact) mass is 420 g/mol. The Morgan fingerprint density at radius 3 is 2.29 bits per heavy atom. The summed E-state index contributed by atoms with van der Waals surface area (Å²) in [5, 5.41) is 14.4. The van der Waals surface area contributed by atoms with Gasteiger partial charge in [-0.3, -0.25) is 4.79 Å². The number of aromatic nitrogens is 3. The number of primary amides is 1. The minimum absolute atomic E-state index is 0.0841. The predicted molar refractivity (Wildman–Crippen MR) is 121 cm³/mol. The second-order valence-electron chi connectivity index (χ2n) is 9.70. The van der Waals surface area contributed by atoms with Crippen LogP contribution >= 0.6 is 0 Å². The van der Waals surface area contributed by atoms with Gasteiger partial charge in [-0.2, -0.15) is 4.98 Å². The Morgan fingerprint density at radius 2 is 1.65 bits per heavy atom. The summed E-state index contributed by atoms with van der Waals surface area (Å²) in [6.07, 6.45) is 14.7. The molecule has 3 aliphatic carbocycles. The SMILES string of the molecule is NC(=O)c1nnc(Nc2ccc(C3CCC4(CCCCC4)CC3)cc2)nc1NC1CC1. The predicted octanol–water partition coefficient (Wildman–Crippen LogP) is 4.90. The van der Waals surface area contributed by atoms with Crippen LogP contribution in [0.15, 0.2) is 24.3 Å². The lowest BCUT2D eigenvalue weighted by molar-refractivity contribution is 0.0995. The maximum atomic E-state index is 11.6.